The Morgan fingerprint density at radius 1 is 1.43 bits per heavy atom. The van der Waals surface area contributed by atoms with Crippen LogP contribution in [0.25, 0.3) is 10.9 Å². The molecule has 1 aromatic carbocycles. The first kappa shape index (κ1) is 14.4. The lowest BCUT2D eigenvalue weighted by molar-refractivity contribution is 0.254. The zero-order valence-electron chi connectivity index (χ0n) is 12.5. The SMILES string of the molecule is CCN(Cc1cc(F)cc2cccnc12)CC1CCCN1. The molecule has 0 spiro atoms. The van der Waals surface area contributed by atoms with Gasteiger partial charge in [0.05, 0.1) is 5.52 Å². The van der Waals surface area contributed by atoms with E-state index < -0.39 is 0 Å². The molecule has 1 unspecified atom stereocenters. The Morgan fingerprint density at radius 2 is 2.33 bits per heavy atom. The number of hydrogen-bond donors (Lipinski definition) is 1. The van der Waals surface area contributed by atoms with Gasteiger partial charge in [-0.15, -0.1) is 0 Å². The zero-order valence-corrected chi connectivity index (χ0v) is 12.5. The molecule has 0 bridgehead atoms. The molecule has 1 fully saturated rings. The smallest absolute Gasteiger partial charge is 0.124 e. The van der Waals surface area contributed by atoms with Crippen LogP contribution in [0.5, 0.6) is 0 Å². The van der Waals surface area contributed by atoms with Crippen molar-refractivity contribution in [2.24, 2.45) is 0 Å². The molecule has 2 heterocycles. The average molecular weight is 287 g/mol. The molecule has 1 N–H and O–H groups in total. The van der Waals surface area contributed by atoms with Crippen LogP contribution in [0, 0.1) is 5.82 Å². The highest BCUT2D eigenvalue weighted by molar-refractivity contribution is 5.81. The van der Waals surface area contributed by atoms with Crippen LogP contribution in [0.2, 0.25) is 0 Å². The van der Waals surface area contributed by atoms with Gasteiger partial charge in [-0.3, -0.25) is 9.88 Å². The molecule has 1 aliphatic rings. The number of benzene rings is 1. The van der Waals surface area contributed by atoms with E-state index in [-0.39, 0.29) is 5.82 Å². The van der Waals surface area contributed by atoms with Gasteiger partial charge in [0.2, 0.25) is 0 Å². The van der Waals surface area contributed by atoms with E-state index in [0.717, 1.165) is 42.6 Å². The van der Waals surface area contributed by atoms with Crippen molar-refractivity contribution in [3.05, 3.63) is 41.8 Å². The molecule has 2 aromatic rings. The molecule has 21 heavy (non-hydrogen) atoms. The first-order valence-electron chi connectivity index (χ1n) is 7.75. The second-order valence-corrected chi connectivity index (χ2v) is 5.76. The molecular weight excluding hydrogens is 265 g/mol. The summed E-state index contributed by atoms with van der Waals surface area (Å²) in [4.78, 5) is 6.80. The minimum Gasteiger partial charge on any atom is -0.313 e. The fourth-order valence-corrected chi connectivity index (χ4v) is 3.12. The highest BCUT2D eigenvalue weighted by Gasteiger charge is 2.18. The van der Waals surface area contributed by atoms with Gasteiger partial charge in [0.1, 0.15) is 5.82 Å². The fourth-order valence-electron chi connectivity index (χ4n) is 3.12. The lowest BCUT2D eigenvalue weighted by Crippen LogP contribution is -2.37. The molecule has 1 aromatic heterocycles. The second-order valence-electron chi connectivity index (χ2n) is 5.76. The zero-order chi connectivity index (χ0) is 14.7. The third-order valence-electron chi connectivity index (χ3n) is 4.23. The Hall–Kier alpha value is -1.52. The summed E-state index contributed by atoms with van der Waals surface area (Å²) >= 11 is 0. The Labute approximate surface area is 125 Å². The molecule has 0 aliphatic carbocycles. The summed E-state index contributed by atoms with van der Waals surface area (Å²) < 4.78 is 13.8. The number of halogens is 1. The maximum atomic E-state index is 13.8. The first-order valence-corrected chi connectivity index (χ1v) is 7.75. The predicted octanol–water partition coefficient (Wildman–Crippen LogP) is 2.95. The number of likely N-dealkylation sites (N-methyl/N-ethyl adjacent to an activating group) is 1. The monoisotopic (exact) mass is 287 g/mol. The lowest BCUT2D eigenvalue weighted by atomic mass is 10.1. The van der Waals surface area contributed by atoms with Gasteiger partial charge in [0.25, 0.3) is 0 Å². The van der Waals surface area contributed by atoms with Crippen LogP contribution in [0.15, 0.2) is 30.5 Å². The third kappa shape index (κ3) is 3.39. The average Bonchev–Trinajstić information content (AvgIpc) is 2.99. The van der Waals surface area contributed by atoms with Crippen LogP contribution in [-0.2, 0) is 6.54 Å². The molecule has 0 saturated carbocycles. The second kappa shape index (κ2) is 6.50. The molecule has 1 atom stereocenters. The lowest BCUT2D eigenvalue weighted by Gasteiger charge is -2.24. The van der Waals surface area contributed by atoms with E-state index in [1.54, 1.807) is 18.3 Å². The summed E-state index contributed by atoms with van der Waals surface area (Å²) in [7, 11) is 0. The van der Waals surface area contributed by atoms with Gasteiger partial charge in [-0.2, -0.15) is 0 Å². The highest BCUT2D eigenvalue weighted by atomic mass is 19.1. The van der Waals surface area contributed by atoms with Crippen molar-refractivity contribution in [3.63, 3.8) is 0 Å². The largest absolute Gasteiger partial charge is 0.313 e. The summed E-state index contributed by atoms with van der Waals surface area (Å²) in [6, 6.07) is 7.52. The number of aromatic nitrogens is 1. The summed E-state index contributed by atoms with van der Waals surface area (Å²) in [5, 5.41) is 4.40. The van der Waals surface area contributed by atoms with Crippen molar-refractivity contribution >= 4 is 10.9 Å². The van der Waals surface area contributed by atoms with Crippen LogP contribution in [0.1, 0.15) is 25.3 Å². The van der Waals surface area contributed by atoms with Crippen molar-refractivity contribution < 1.29 is 4.39 Å². The van der Waals surface area contributed by atoms with E-state index in [2.05, 4.69) is 22.1 Å². The topological polar surface area (TPSA) is 28.2 Å². The minimum atomic E-state index is -0.180. The van der Waals surface area contributed by atoms with Crippen LogP contribution in [-0.4, -0.2) is 35.6 Å². The van der Waals surface area contributed by atoms with E-state index in [1.807, 2.05) is 12.1 Å². The van der Waals surface area contributed by atoms with Gasteiger partial charge < -0.3 is 5.32 Å². The van der Waals surface area contributed by atoms with Gasteiger partial charge in [0, 0.05) is 30.7 Å². The van der Waals surface area contributed by atoms with Gasteiger partial charge in [-0.1, -0.05) is 13.0 Å². The number of rotatable bonds is 5. The maximum absolute atomic E-state index is 13.8. The van der Waals surface area contributed by atoms with Crippen LogP contribution >= 0.6 is 0 Å². The van der Waals surface area contributed by atoms with Crippen molar-refractivity contribution in [2.45, 2.75) is 32.4 Å². The fraction of sp³-hybridized carbons (Fsp3) is 0.471. The number of pyridine rings is 1. The van der Waals surface area contributed by atoms with E-state index in [4.69, 9.17) is 0 Å². The molecule has 1 saturated heterocycles. The van der Waals surface area contributed by atoms with Crippen LogP contribution in [0.3, 0.4) is 0 Å². The Kier molecular flexibility index (Phi) is 4.46. The van der Waals surface area contributed by atoms with Crippen molar-refractivity contribution in [1.29, 1.82) is 0 Å². The molecular formula is C17H22FN3. The summed E-state index contributed by atoms with van der Waals surface area (Å²) in [5.74, 6) is -0.180. The normalized spacial score (nSPS) is 18.7. The van der Waals surface area contributed by atoms with E-state index in [1.165, 1.54) is 12.8 Å². The van der Waals surface area contributed by atoms with Gasteiger partial charge in [-0.25, -0.2) is 4.39 Å². The van der Waals surface area contributed by atoms with Crippen molar-refractivity contribution in [1.82, 2.24) is 15.2 Å². The number of nitrogens with one attached hydrogen (secondary N) is 1. The van der Waals surface area contributed by atoms with Gasteiger partial charge in [0.15, 0.2) is 0 Å². The molecule has 4 heteroatoms. The van der Waals surface area contributed by atoms with E-state index in [9.17, 15) is 4.39 Å². The number of fused-ring (bicyclic) bond motifs is 1. The molecule has 112 valence electrons. The molecule has 3 nitrogen and oxygen atoms in total. The maximum Gasteiger partial charge on any atom is 0.124 e. The predicted molar refractivity (Wildman–Crippen MR) is 83.7 cm³/mol. The number of nitrogens with zero attached hydrogens (tertiary/aromatic N) is 2. The van der Waals surface area contributed by atoms with Gasteiger partial charge in [-0.05, 0) is 49.7 Å². The minimum absolute atomic E-state index is 0.180. The van der Waals surface area contributed by atoms with Gasteiger partial charge >= 0.3 is 0 Å². The first-order chi connectivity index (χ1) is 10.3. The standard InChI is InChI=1S/C17H22FN3/c1-2-21(12-16-6-4-7-19-16)11-14-10-15(18)9-13-5-3-8-20-17(13)14/h3,5,8-10,16,19H,2,4,6-7,11-12H2,1H3. The Balaban J connectivity index is 1.81. The van der Waals surface area contributed by atoms with Crippen molar-refractivity contribution in [3.8, 4) is 0 Å². The molecule has 0 amide bonds. The summed E-state index contributed by atoms with van der Waals surface area (Å²) in [6.07, 6.45) is 4.27. The summed E-state index contributed by atoms with van der Waals surface area (Å²) in [6.45, 7) is 6.00. The Bertz CT molecular complexity index is 608. The third-order valence-corrected chi connectivity index (χ3v) is 4.23. The van der Waals surface area contributed by atoms with E-state index >= 15 is 0 Å². The highest BCUT2D eigenvalue weighted by Crippen LogP contribution is 2.20. The molecule has 3 rings (SSSR count). The van der Waals surface area contributed by atoms with Crippen molar-refractivity contribution in [2.75, 3.05) is 19.6 Å². The van der Waals surface area contributed by atoms with Crippen LogP contribution in [0.4, 0.5) is 4.39 Å². The molecule has 0 radical (unpaired) electrons. The van der Waals surface area contributed by atoms with Crippen LogP contribution < -0.4 is 5.32 Å². The molecule has 1 aliphatic heterocycles. The quantitative estimate of drug-likeness (QED) is 0.916. The number of hydrogen-bond acceptors (Lipinski definition) is 3. The Morgan fingerprint density at radius 3 is 3.10 bits per heavy atom. The summed E-state index contributed by atoms with van der Waals surface area (Å²) in [5.41, 5.74) is 1.89. The van der Waals surface area contributed by atoms with E-state index in [0.29, 0.717) is 6.04 Å².